The van der Waals surface area contributed by atoms with E-state index in [-0.39, 0.29) is 0 Å². The molecule has 18 heavy (non-hydrogen) atoms. The van der Waals surface area contributed by atoms with Crippen LogP contribution in [0.15, 0.2) is 11.2 Å². The standard InChI is InChI=1S/C11H18N4O2S/c1-14(2)9-8-10(13-11(12-9)18(3)16)15-4-6-17-7-5-15/h8H,4-7H2,1-3H3. The first-order chi connectivity index (χ1) is 8.58. The Kier molecular flexibility index (Phi) is 4.26. The van der Waals surface area contributed by atoms with Crippen LogP contribution in [0.1, 0.15) is 0 Å². The van der Waals surface area contributed by atoms with Crippen molar-refractivity contribution < 1.29 is 9.29 Å². The summed E-state index contributed by atoms with van der Waals surface area (Å²) < 4.78 is 16.9. The molecule has 1 aliphatic heterocycles. The monoisotopic (exact) mass is 270 g/mol. The molecule has 1 aromatic rings. The molecule has 1 aliphatic rings. The summed E-state index contributed by atoms with van der Waals surface area (Å²) in [4.78, 5) is 12.7. The Morgan fingerprint density at radius 1 is 1.33 bits per heavy atom. The van der Waals surface area contributed by atoms with Crippen molar-refractivity contribution in [3.05, 3.63) is 6.07 Å². The van der Waals surface area contributed by atoms with Gasteiger partial charge in [0, 0.05) is 44.4 Å². The van der Waals surface area contributed by atoms with E-state index in [9.17, 15) is 4.55 Å². The van der Waals surface area contributed by atoms with E-state index >= 15 is 0 Å². The summed E-state index contributed by atoms with van der Waals surface area (Å²) >= 11 is -1.18. The largest absolute Gasteiger partial charge is 0.609 e. The van der Waals surface area contributed by atoms with Gasteiger partial charge in [0.05, 0.1) is 13.2 Å². The number of rotatable bonds is 3. The van der Waals surface area contributed by atoms with Crippen LogP contribution >= 0.6 is 0 Å². The van der Waals surface area contributed by atoms with Gasteiger partial charge in [-0.3, -0.25) is 0 Å². The maximum Gasteiger partial charge on any atom is 0.346 e. The van der Waals surface area contributed by atoms with Crippen molar-refractivity contribution >= 4 is 22.8 Å². The molecule has 2 rings (SSSR count). The lowest BCUT2D eigenvalue weighted by Crippen LogP contribution is -2.37. The zero-order valence-electron chi connectivity index (χ0n) is 10.9. The number of morpholine rings is 1. The van der Waals surface area contributed by atoms with E-state index in [4.69, 9.17) is 4.74 Å². The van der Waals surface area contributed by atoms with E-state index in [0.29, 0.717) is 18.4 Å². The van der Waals surface area contributed by atoms with Gasteiger partial charge < -0.3 is 19.1 Å². The van der Waals surface area contributed by atoms with Gasteiger partial charge in [-0.1, -0.05) is 0 Å². The molecule has 0 aliphatic carbocycles. The van der Waals surface area contributed by atoms with Crippen LogP contribution in [0.5, 0.6) is 0 Å². The van der Waals surface area contributed by atoms with Crippen molar-refractivity contribution in [2.45, 2.75) is 5.16 Å². The highest BCUT2D eigenvalue weighted by Crippen LogP contribution is 2.20. The molecule has 1 aromatic heterocycles. The van der Waals surface area contributed by atoms with Crippen molar-refractivity contribution in [3.63, 3.8) is 0 Å². The number of anilines is 2. The molecule has 1 atom stereocenters. The second kappa shape index (κ2) is 5.73. The molecule has 100 valence electrons. The van der Waals surface area contributed by atoms with E-state index in [0.717, 1.165) is 24.7 Å². The molecule has 0 radical (unpaired) electrons. The lowest BCUT2D eigenvalue weighted by atomic mass is 10.4. The molecule has 0 bridgehead atoms. The van der Waals surface area contributed by atoms with Gasteiger partial charge in [-0.2, -0.15) is 9.97 Å². The Morgan fingerprint density at radius 3 is 2.56 bits per heavy atom. The molecule has 0 N–H and O–H groups in total. The van der Waals surface area contributed by atoms with Crippen molar-refractivity contribution in [1.29, 1.82) is 0 Å². The summed E-state index contributed by atoms with van der Waals surface area (Å²) in [5.74, 6) is 1.60. The normalized spacial score (nSPS) is 17.7. The molecule has 6 nitrogen and oxygen atoms in total. The van der Waals surface area contributed by atoms with E-state index in [1.54, 1.807) is 6.26 Å². The molecule has 1 unspecified atom stereocenters. The molecule has 1 fully saturated rings. The number of nitrogens with zero attached hydrogens (tertiary/aromatic N) is 4. The van der Waals surface area contributed by atoms with Crippen LogP contribution in [-0.2, 0) is 15.9 Å². The average molecular weight is 270 g/mol. The molecule has 0 amide bonds. The smallest absolute Gasteiger partial charge is 0.346 e. The second-order valence-electron chi connectivity index (χ2n) is 4.31. The fourth-order valence-corrected chi connectivity index (χ4v) is 2.16. The summed E-state index contributed by atoms with van der Waals surface area (Å²) in [5.41, 5.74) is 0. The van der Waals surface area contributed by atoms with Crippen LogP contribution in [-0.4, -0.2) is 61.2 Å². The van der Waals surface area contributed by atoms with Gasteiger partial charge >= 0.3 is 5.16 Å². The van der Waals surface area contributed by atoms with E-state index in [1.807, 2.05) is 25.1 Å². The summed E-state index contributed by atoms with van der Waals surface area (Å²) in [6, 6.07) is 1.92. The number of ether oxygens (including phenoxy) is 1. The SMILES string of the molecule is CN(C)c1cc(N2CCOCC2)nc([S+](C)[O-])n1. The first-order valence-corrected chi connectivity index (χ1v) is 7.36. The fraction of sp³-hybridized carbons (Fsp3) is 0.636. The van der Waals surface area contributed by atoms with E-state index in [2.05, 4.69) is 14.9 Å². The van der Waals surface area contributed by atoms with Gasteiger partial charge in [0.25, 0.3) is 0 Å². The highest BCUT2D eigenvalue weighted by Gasteiger charge is 2.19. The number of hydrogen-bond acceptors (Lipinski definition) is 6. The maximum atomic E-state index is 11.6. The van der Waals surface area contributed by atoms with E-state index < -0.39 is 11.2 Å². The zero-order valence-corrected chi connectivity index (χ0v) is 11.7. The Balaban J connectivity index is 2.32. The Hall–Kier alpha value is -1.05. The fourth-order valence-electron chi connectivity index (χ4n) is 1.71. The first-order valence-electron chi connectivity index (χ1n) is 5.80. The summed E-state index contributed by atoms with van der Waals surface area (Å²) in [7, 11) is 3.82. The van der Waals surface area contributed by atoms with Crippen LogP contribution in [0.2, 0.25) is 0 Å². The molecule has 0 spiro atoms. The lowest BCUT2D eigenvalue weighted by Gasteiger charge is -2.28. The third kappa shape index (κ3) is 3.04. The molecule has 2 heterocycles. The van der Waals surface area contributed by atoms with Gasteiger partial charge in [0.15, 0.2) is 0 Å². The minimum Gasteiger partial charge on any atom is -0.609 e. The molecule has 0 saturated carbocycles. The van der Waals surface area contributed by atoms with Crippen molar-refractivity contribution in [1.82, 2.24) is 9.97 Å². The maximum absolute atomic E-state index is 11.6. The van der Waals surface area contributed by atoms with Gasteiger partial charge in [0.1, 0.15) is 17.9 Å². The Morgan fingerprint density at radius 2 is 2.00 bits per heavy atom. The van der Waals surface area contributed by atoms with Crippen molar-refractivity contribution in [2.24, 2.45) is 0 Å². The molecular weight excluding hydrogens is 252 g/mol. The molecule has 7 heteroatoms. The number of hydrogen-bond donors (Lipinski definition) is 0. The second-order valence-corrected chi connectivity index (χ2v) is 5.59. The van der Waals surface area contributed by atoms with E-state index in [1.165, 1.54) is 0 Å². The third-order valence-electron chi connectivity index (χ3n) is 2.73. The zero-order chi connectivity index (χ0) is 13.1. The highest BCUT2D eigenvalue weighted by molar-refractivity contribution is 7.90. The number of aromatic nitrogens is 2. The average Bonchev–Trinajstić information content (AvgIpc) is 2.39. The minimum atomic E-state index is -1.18. The van der Waals surface area contributed by atoms with Crippen LogP contribution < -0.4 is 9.80 Å². The quantitative estimate of drug-likeness (QED) is 0.574. The molecule has 0 aromatic carbocycles. The van der Waals surface area contributed by atoms with Crippen molar-refractivity contribution in [3.8, 4) is 0 Å². The van der Waals surface area contributed by atoms with Gasteiger partial charge in [-0.05, 0) is 0 Å². The molecular formula is C11H18N4O2S. The lowest BCUT2D eigenvalue weighted by molar-refractivity contribution is 0.122. The Labute approximate surface area is 110 Å². The van der Waals surface area contributed by atoms with Gasteiger partial charge in [-0.15, -0.1) is 0 Å². The first kappa shape index (κ1) is 13.4. The van der Waals surface area contributed by atoms with Crippen molar-refractivity contribution in [2.75, 3.05) is 56.5 Å². The summed E-state index contributed by atoms with van der Waals surface area (Å²) in [6.45, 7) is 3.01. The van der Waals surface area contributed by atoms with Gasteiger partial charge in [0.2, 0.25) is 0 Å². The topological polar surface area (TPSA) is 64.5 Å². The van der Waals surface area contributed by atoms with Gasteiger partial charge in [-0.25, -0.2) is 0 Å². The Bertz CT molecular complexity index is 382. The van der Waals surface area contributed by atoms with Crippen LogP contribution in [0.3, 0.4) is 0 Å². The van der Waals surface area contributed by atoms with Crippen LogP contribution in [0, 0.1) is 0 Å². The highest BCUT2D eigenvalue weighted by atomic mass is 32.2. The van der Waals surface area contributed by atoms with Crippen LogP contribution in [0.4, 0.5) is 11.6 Å². The minimum absolute atomic E-state index is 0.377. The summed E-state index contributed by atoms with van der Waals surface area (Å²) in [5, 5.41) is 0.377. The predicted molar refractivity (Wildman–Crippen MR) is 71.7 cm³/mol. The third-order valence-corrected chi connectivity index (χ3v) is 3.43. The molecule has 1 saturated heterocycles. The van der Waals surface area contributed by atoms with Crippen LogP contribution in [0.25, 0.3) is 0 Å². The summed E-state index contributed by atoms with van der Waals surface area (Å²) in [6.07, 6.45) is 1.60. The predicted octanol–water partition coefficient (Wildman–Crippen LogP) is 0.117.